The van der Waals surface area contributed by atoms with E-state index in [1.165, 1.54) is 6.92 Å². The fourth-order valence-corrected chi connectivity index (χ4v) is 10.9. The first kappa shape index (κ1) is 67.7. The van der Waals surface area contributed by atoms with E-state index in [0.717, 1.165) is 0 Å². The van der Waals surface area contributed by atoms with E-state index in [1.807, 2.05) is 0 Å². The van der Waals surface area contributed by atoms with Crippen molar-refractivity contribution in [3.8, 4) is 0 Å². The summed E-state index contributed by atoms with van der Waals surface area (Å²) >= 11 is 0. The molecule has 22 N–H and O–H groups in total. The van der Waals surface area contributed by atoms with Crippen LogP contribution in [0.5, 0.6) is 0 Å². The van der Waals surface area contributed by atoms with Crippen molar-refractivity contribution in [1.82, 2.24) is 10.6 Å². The van der Waals surface area contributed by atoms with E-state index in [2.05, 4.69) is 17.2 Å². The van der Waals surface area contributed by atoms with Crippen molar-refractivity contribution in [3.05, 3.63) is 12.2 Å². The van der Waals surface area contributed by atoms with Crippen molar-refractivity contribution in [3.63, 3.8) is 0 Å². The van der Waals surface area contributed by atoms with E-state index in [0.29, 0.717) is 0 Å². The van der Waals surface area contributed by atoms with Gasteiger partial charge in [-0.15, -0.1) is 0 Å². The average molecular weight is 1230 g/mol. The first-order valence-corrected chi connectivity index (χ1v) is 26.9. The molecule has 21 aliphatic rings. The van der Waals surface area contributed by atoms with Gasteiger partial charge in [-0.05, 0) is 6.92 Å². The van der Waals surface area contributed by atoms with Gasteiger partial charge < -0.3 is 174 Å². The number of ether oxygens (including phenoxy) is 14. The number of nitrogens with one attached hydrogen (secondary N) is 2. The van der Waals surface area contributed by atoms with E-state index in [9.17, 15) is 107 Å². The fourth-order valence-electron chi connectivity index (χ4n) is 10.9. The zero-order chi connectivity index (χ0) is 61.3. The molecular weight excluding hydrogens is 1150 g/mol. The summed E-state index contributed by atoms with van der Waals surface area (Å²) in [6, 6.07) is 0. The van der Waals surface area contributed by atoms with Gasteiger partial charge in [-0.2, -0.15) is 0 Å². The highest BCUT2D eigenvalue weighted by molar-refractivity contribution is 5.91. The molecule has 0 aliphatic carbocycles. The summed E-state index contributed by atoms with van der Waals surface area (Å²) in [5.41, 5.74) is 0.117. The Hall–Kier alpha value is -2.19. The molecule has 14 bridgehead atoms. The Morgan fingerprint density at radius 3 is 0.667 bits per heavy atom. The standard InChI is InChI=1S/C47H78N2O35/c1-11(2)40(70)49-10-48-3-12-33-19(56)26(63)41(71-12)79-34-13(4-50)73-43(28(65)21(34)58)81-36-15(6-52)75-45(30(67)23(36)60)83-38-17(8-54)77-47(32(69)25(38)62)84-39-18(9-55)76-46(31(68)24(39)61)82-37-16(7-53)74-44(29(66)22(37)59)80-35-14(5-51)72-42(78-33)27(64)20(35)57/h12-39,41-48,50-69H,1,3-10H2,2H3,(H,49,70)/t12-,13-,14-,15-,16-,17-,18-,19-,20-,21-,22-,23-,24-,25-,26-,27-,28-,29-,30-,31-,32-,33-,34-,35-,36-,37-,38-,39-,41-,42-,43-,44-,45-,46-,47-/m1/s1. The Morgan fingerprint density at radius 1 is 0.310 bits per heavy atom. The molecule has 0 aromatic heterocycles. The molecule has 0 saturated carbocycles. The van der Waals surface area contributed by atoms with Gasteiger partial charge >= 0.3 is 0 Å². The lowest BCUT2D eigenvalue weighted by Gasteiger charge is -2.50. The minimum atomic E-state index is -2.22. The van der Waals surface area contributed by atoms with E-state index < -0.39 is 267 Å². The van der Waals surface area contributed by atoms with E-state index in [-0.39, 0.29) is 12.2 Å². The van der Waals surface area contributed by atoms with Gasteiger partial charge in [0, 0.05) is 12.1 Å². The lowest BCUT2D eigenvalue weighted by molar-refractivity contribution is -0.396. The van der Waals surface area contributed by atoms with Crippen molar-refractivity contribution >= 4 is 5.91 Å². The third-order valence-electron chi connectivity index (χ3n) is 15.7. The Labute approximate surface area is 476 Å². The van der Waals surface area contributed by atoms with E-state index >= 15 is 0 Å². The molecule has 1 amide bonds. The third-order valence-corrected chi connectivity index (χ3v) is 15.7. The van der Waals surface area contributed by atoms with Crippen molar-refractivity contribution in [2.24, 2.45) is 0 Å². The molecule has 486 valence electrons. The second-order valence-corrected chi connectivity index (χ2v) is 21.4. The normalized spacial score (nSPS) is 51.6. The number of aliphatic hydroxyl groups excluding tert-OH is 20. The molecule has 0 aromatic carbocycles. The Bertz CT molecular complexity index is 2080. The lowest BCUT2D eigenvalue weighted by Crippen LogP contribution is -2.68. The number of carbonyl (C=O) groups excluding carboxylic acids is 1. The Kier molecular flexibility index (Phi) is 23.5. The summed E-state index contributed by atoms with van der Waals surface area (Å²) in [5, 5.41) is 228. The van der Waals surface area contributed by atoms with E-state index in [4.69, 9.17) is 66.3 Å². The van der Waals surface area contributed by atoms with Crippen LogP contribution in [-0.2, 0) is 71.1 Å². The summed E-state index contributed by atoms with van der Waals surface area (Å²) in [5.74, 6) is -0.589. The molecule has 0 aromatic rings. The van der Waals surface area contributed by atoms with Crippen molar-refractivity contribution < 1.29 is 173 Å². The number of hydrogen-bond acceptors (Lipinski definition) is 36. The zero-order valence-corrected chi connectivity index (χ0v) is 44.6. The molecule has 0 spiro atoms. The topological polar surface area (TPSA) is 575 Å². The minimum absolute atomic E-state index is 0.117. The maximum Gasteiger partial charge on any atom is 0.247 e. The second kappa shape index (κ2) is 29.2. The molecular formula is C47H78N2O35. The summed E-state index contributed by atoms with van der Waals surface area (Å²) < 4.78 is 80.8. The van der Waals surface area contributed by atoms with Crippen LogP contribution in [0.3, 0.4) is 0 Å². The maximum absolute atomic E-state index is 12.3. The second-order valence-electron chi connectivity index (χ2n) is 21.4. The van der Waals surface area contributed by atoms with Crippen LogP contribution in [0.1, 0.15) is 6.92 Å². The molecule has 37 heteroatoms. The summed E-state index contributed by atoms with van der Waals surface area (Å²) in [7, 11) is 0. The van der Waals surface area contributed by atoms with Crippen molar-refractivity contribution in [2.75, 3.05) is 52.9 Å². The van der Waals surface area contributed by atoms with E-state index in [1.54, 1.807) is 0 Å². The van der Waals surface area contributed by atoms with Crippen LogP contribution in [0.2, 0.25) is 0 Å². The van der Waals surface area contributed by atoms with Crippen LogP contribution >= 0.6 is 0 Å². The van der Waals surface area contributed by atoms with Crippen LogP contribution in [0.4, 0.5) is 0 Å². The summed E-state index contributed by atoms with van der Waals surface area (Å²) in [6.45, 7) is -2.11. The molecule has 21 fully saturated rings. The predicted octanol–water partition coefficient (Wildman–Crippen LogP) is -15.0. The van der Waals surface area contributed by atoms with Gasteiger partial charge in [0.2, 0.25) is 5.91 Å². The summed E-state index contributed by atoms with van der Waals surface area (Å²) in [6.07, 6.45) is -70.4. The van der Waals surface area contributed by atoms with Gasteiger partial charge in [-0.25, -0.2) is 0 Å². The molecule has 37 nitrogen and oxygen atoms in total. The number of amides is 1. The fraction of sp³-hybridized carbons (Fsp3) is 0.936. The highest BCUT2D eigenvalue weighted by Crippen LogP contribution is 2.39. The maximum atomic E-state index is 12.3. The average Bonchev–Trinajstić information content (AvgIpc) is 1.89. The highest BCUT2D eigenvalue weighted by Gasteiger charge is 2.59. The van der Waals surface area contributed by atoms with Gasteiger partial charge in [-0.1, -0.05) is 6.58 Å². The van der Waals surface area contributed by atoms with Crippen LogP contribution in [-0.4, -0.2) is 376 Å². The Balaban J connectivity index is 1.09. The quantitative estimate of drug-likeness (QED) is 0.0519. The number of rotatable bonds is 11. The summed E-state index contributed by atoms with van der Waals surface area (Å²) in [4.78, 5) is 12.3. The third kappa shape index (κ3) is 13.9. The van der Waals surface area contributed by atoms with Gasteiger partial charge in [0.25, 0.3) is 0 Å². The monoisotopic (exact) mass is 1230 g/mol. The molecule has 21 saturated heterocycles. The molecule has 21 rings (SSSR count). The molecule has 84 heavy (non-hydrogen) atoms. The van der Waals surface area contributed by atoms with Crippen molar-refractivity contribution in [2.45, 2.75) is 222 Å². The van der Waals surface area contributed by atoms with Gasteiger partial charge in [0.15, 0.2) is 44.0 Å². The largest absolute Gasteiger partial charge is 0.394 e. The zero-order valence-electron chi connectivity index (χ0n) is 44.6. The molecule has 0 unspecified atom stereocenters. The first-order chi connectivity index (χ1) is 39.9. The molecule has 21 aliphatic heterocycles. The van der Waals surface area contributed by atoms with Crippen molar-refractivity contribution in [1.29, 1.82) is 0 Å². The molecule has 21 heterocycles. The SMILES string of the molecule is C=C(C)C(=O)NCNC[C@H]1O[C@@H]2O[C@H]3[C@H](O)[C@@H](O)[C@@H](O[C@H]4[C@H](O)[C@@H](O)[C@@H](O[C@H]5[C@H](O)[C@@H](O)[C@@H](O[C@H]6[C@H](O)[C@@H](O)[C@@H](O[C@H]7[C@H](O)[C@@H](O)[C@@H](O[C@H]8[C@H](O)[C@@H](O)[C@@H](O[C@H]1[C@H](O)[C@H]2O)O[C@@H]8CO)O[C@@H]7CO)O[C@@H]6CO)O[C@@H]5CO)O[C@@H]4CO)O[C@@H]3CO. The first-order valence-electron chi connectivity index (χ1n) is 26.9. The van der Waals surface area contributed by atoms with Gasteiger partial charge in [0.1, 0.15) is 171 Å². The molecule has 0 radical (unpaired) electrons. The van der Waals surface area contributed by atoms with Gasteiger partial charge in [0.05, 0.1) is 46.3 Å². The highest BCUT2D eigenvalue weighted by atomic mass is 16.8. The predicted molar refractivity (Wildman–Crippen MR) is 257 cm³/mol. The smallest absolute Gasteiger partial charge is 0.247 e. The number of aliphatic hydroxyl groups is 20. The minimum Gasteiger partial charge on any atom is -0.394 e. The van der Waals surface area contributed by atoms with Crippen LogP contribution in [0.15, 0.2) is 12.2 Å². The van der Waals surface area contributed by atoms with Gasteiger partial charge in [-0.3, -0.25) is 10.1 Å². The number of carbonyl (C=O) groups is 1. The van der Waals surface area contributed by atoms with Crippen LogP contribution in [0, 0.1) is 0 Å². The lowest BCUT2D eigenvalue weighted by atomic mass is 9.95. The number of hydrogen-bond donors (Lipinski definition) is 22. The van der Waals surface area contributed by atoms with Crippen LogP contribution < -0.4 is 10.6 Å². The molecule has 35 atom stereocenters. The Morgan fingerprint density at radius 2 is 0.488 bits per heavy atom. The van der Waals surface area contributed by atoms with Crippen LogP contribution in [0.25, 0.3) is 0 Å².